The molecule has 0 atom stereocenters. The summed E-state index contributed by atoms with van der Waals surface area (Å²) in [6.45, 7) is 6.06. The van der Waals surface area contributed by atoms with Crippen LogP contribution in [0.4, 0.5) is 9.18 Å². The maximum absolute atomic E-state index is 15.3. The van der Waals surface area contributed by atoms with E-state index in [0.717, 1.165) is 25.0 Å². The fraction of sp³-hybridized carbons (Fsp3) is 0.370. The summed E-state index contributed by atoms with van der Waals surface area (Å²) >= 11 is 0. The third kappa shape index (κ3) is 6.62. The number of amides is 1. The molecule has 0 bridgehead atoms. The Hall–Kier alpha value is -3.53. The van der Waals surface area contributed by atoms with Crippen LogP contribution in [0.5, 0.6) is 0 Å². The van der Waals surface area contributed by atoms with Crippen LogP contribution in [-0.2, 0) is 34.1 Å². The molecule has 2 aromatic carbocycles. The lowest BCUT2D eigenvalue weighted by Gasteiger charge is -2.14. The summed E-state index contributed by atoms with van der Waals surface area (Å²) in [5.41, 5.74) is 2.00. The second-order valence-electron chi connectivity index (χ2n) is 8.56. The van der Waals surface area contributed by atoms with Crippen molar-refractivity contribution in [2.45, 2.75) is 64.3 Å². The van der Waals surface area contributed by atoms with Crippen molar-refractivity contribution in [3.8, 4) is 11.1 Å². The quantitative estimate of drug-likeness (QED) is 0.253. The van der Waals surface area contributed by atoms with E-state index in [-0.39, 0.29) is 23.6 Å². The molecule has 1 aromatic heterocycles. The van der Waals surface area contributed by atoms with E-state index < -0.39 is 21.9 Å². The molecule has 0 radical (unpaired) electrons. The van der Waals surface area contributed by atoms with E-state index in [9.17, 15) is 18.0 Å². The van der Waals surface area contributed by atoms with Crippen molar-refractivity contribution in [1.29, 1.82) is 0 Å². The van der Waals surface area contributed by atoms with Gasteiger partial charge in [0.25, 0.3) is 10.0 Å². The molecule has 10 heteroatoms. The van der Waals surface area contributed by atoms with Crippen molar-refractivity contribution in [3.63, 3.8) is 0 Å². The van der Waals surface area contributed by atoms with Gasteiger partial charge in [0.15, 0.2) is 6.29 Å². The van der Waals surface area contributed by atoms with Crippen LogP contribution in [0.1, 0.15) is 67.6 Å². The highest BCUT2D eigenvalue weighted by Crippen LogP contribution is 2.29. The number of nitrogens with zero attached hydrogens (tertiary/aromatic N) is 2. The van der Waals surface area contributed by atoms with E-state index in [1.165, 1.54) is 18.2 Å². The number of nitrogens with one attached hydrogen (secondary N) is 1. The maximum atomic E-state index is 15.3. The largest absolute Gasteiger partial charge is 0.449 e. The van der Waals surface area contributed by atoms with Gasteiger partial charge in [0.1, 0.15) is 17.3 Å². The monoisotopic (exact) mass is 529 g/mol. The normalized spacial score (nSPS) is 11.4. The number of aryl methyl sites for hydroxylation is 2. The molecular weight excluding hydrogens is 497 g/mol. The number of carbonyl (C=O) groups excluding carboxylic acids is 2. The first-order chi connectivity index (χ1) is 17.7. The number of halogens is 1. The third-order valence-electron chi connectivity index (χ3n) is 5.90. The zero-order valence-corrected chi connectivity index (χ0v) is 22.1. The first kappa shape index (κ1) is 28.0. The number of unbranched alkanes of at least 4 members (excludes halogenated alkanes) is 1. The van der Waals surface area contributed by atoms with Crippen LogP contribution in [0.15, 0.2) is 47.4 Å². The van der Waals surface area contributed by atoms with Gasteiger partial charge in [0, 0.05) is 17.5 Å². The smallest absolute Gasteiger partial charge is 0.421 e. The van der Waals surface area contributed by atoms with Crippen molar-refractivity contribution >= 4 is 22.4 Å². The molecule has 3 rings (SSSR count). The highest BCUT2D eigenvalue weighted by molar-refractivity contribution is 7.90. The number of benzene rings is 2. The summed E-state index contributed by atoms with van der Waals surface area (Å²) in [7, 11) is -4.27. The summed E-state index contributed by atoms with van der Waals surface area (Å²) in [5, 5.41) is 0. The van der Waals surface area contributed by atoms with Gasteiger partial charge in [0.2, 0.25) is 0 Å². The van der Waals surface area contributed by atoms with Gasteiger partial charge in [-0.3, -0.25) is 4.79 Å². The molecule has 1 amide bonds. The molecule has 0 saturated carbocycles. The molecule has 37 heavy (non-hydrogen) atoms. The third-order valence-corrected chi connectivity index (χ3v) is 7.27. The fourth-order valence-electron chi connectivity index (χ4n) is 4.01. The average molecular weight is 530 g/mol. The number of aldehydes is 1. The number of ether oxygens (including phenoxy) is 1. The number of aromatic nitrogens is 2. The summed E-state index contributed by atoms with van der Waals surface area (Å²) in [6, 6.07) is 10.5. The standard InChI is InChI=1S/C27H32FN3O5S/c1-4-7-15-36-27(33)30-37(34,35)25-12-9-8-11-21(25)19-13-14-20(22(28)16-19)17-31-24(18-32)23(6-3)29-26(31)10-5-2/h8-9,11-14,16,18H,4-7,10,15,17H2,1-3H3,(H,30,33). The molecule has 0 aliphatic rings. The van der Waals surface area contributed by atoms with Gasteiger partial charge < -0.3 is 9.30 Å². The number of hydrogen-bond acceptors (Lipinski definition) is 6. The Kier molecular flexibility index (Phi) is 9.57. The van der Waals surface area contributed by atoms with E-state index in [0.29, 0.717) is 41.8 Å². The van der Waals surface area contributed by atoms with E-state index in [2.05, 4.69) is 4.98 Å². The Bertz CT molecular complexity index is 1370. The highest BCUT2D eigenvalue weighted by Gasteiger charge is 2.23. The molecule has 0 aliphatic heterocycles. The molecule has 3 aromatic rings. The SMILES string of the molecule is CCCCOC(=O)NS(=O)(=O)c1ccccc1-c1ccc(Cn2c(CCC)nc(CC)c2C=O)c(F)c1. The average Bonchev–Trinajstić information content (AvgIpc) is 3.21. The van der Waals surface area contributed by atoms with Crippen LogP contribution in [-0.4, -0.2) is 37.0 Å². The number of rotatable bonds is 12. The van der Waals surface area contributed by atoms with Crippen molar-refractivity contribution in [1.82, 2.24) is 14.3 Å². The van der Waals surface area contributed by atoms with Crippen LogP contribution < -0.4 is 4.72 Å². The Morgan fingerprint density at radius 3 is 2.54 bits per heavy atom. The van der Waals surface area contributed by atoms with E-state index in [1.807, 2.05) is 25.5 Å². The van der Waals surface area contributed by atoms with Crippen molar-refractivity contribution in [2.75, 3.05) is 6.61 Å². The van der Waals surface area contributed by atoms with Crippen molar-refractivity contribution in [2.24, 2.45) is 0 Å². The topological polar surface area (TPSA) is 107 Å². The lowest BCUT2D eigenvalue weighted by Crippen LogP contribution is -2.31. The van der Waals surface area contributed by atoms with Gasteiger partial charge in [-0.15, -0.1) is 0 Å². The first-order valence-electron chi connectivity index (χ1n) is 12.4. The number of imidazole rings is 1. The van der Waals surface area contributed by atoms with Crippen molar-refractivity contribution < 1.29 is 27.1 Å². The van der Waals surface area contributed by atoms with Gasteiger partial charge in [-0.05, 0) is 37.0 Å². The predicted molar refractivity (Wildman–Crippen MR) is 139 cm³/mol. The number of carbonyl (C=O) groups is 2. The van der Waals surface area contributed by atoms with E-state index in [1.54, 1.807) is 28.8 Å². The summed E-state index contributed by atoms with van der Waals surface area (Å²) < 4.78 is 49.7. The van der Waals surface area contributed by atoms with Crippen LogP contribution in [0.25, 0.3) is 11.1 Å². The molecular formula is C27H32FN3O5S. The minimum Gasteiger partial charge on any atom is -0.449 e. The molecule has 0 fully saturated rings. The van der Waals surface area contributed by atoms with Gasteiger partial charge in [-0.2, -0.15) is 0 Å². The minimum atomic E-state index is -4.27. The lowest BCUT2D eigenvalue weighted by atomic mass is 10.0. The number of sulfonamides is 1. The molecule has 0 saturated heterocycles. The van der Waals surface area contributed by atoms with Crippen molar-refractivity contribution in [3.05, 3.63) is 71.1 Å². The molecule has 0 aliphatic carbocycles. The molecule has 0 unspecified atom stereocenters. The lowest BCUT2D eigenvalue weighted by molar-refractivity contribution is 0.111. The summed E-state index contributed by atoms with van der Waals surface area (Å²) in [5.74, 6) is 0.168. The summed E-state index contributed by atoms with van der Waals surface area (Å²) in [6.07, 6.45) is 3.16. The summed E-state index contributed by atoms with van der Waals surface area (Å²) in [4.78, 5) is 28.1. The van der Waals surface area contributed by atoms with E-state index in [4.69, 9.17) is 4.74 Å². The first-order valence-corrected chi connectivity index (χ1v) is 13.8. The minimum absolute atomic E-state index is 0.106. The Balaban J connectivity index is 1.92. The zero-order valence-electron chi connectivity index (χ0n) is 21.3. The molecule has 8 nitrogen and oxygen atoms in total. The molecule has 0 spiro atoms. The van der Waals surface area contributed by atoms with Crippen LogP contribution in [0, 0.1) is 5.82 Å². The van der Waals surface area contributed by atoms with Gasteiger partial charge >= 0.3 is 6.09 Å². The van der Waals surface area contributed by atoms with Gasteiger partial charge in [-0.1, -0.05) is 57.5 Å². The van der Waals surface area contributed by atoms with E-state index >= 15 is 4.39 Å². The Morgan fingerprint density at radius 1 is 1.14 bits per heavy atom. The Morgan fingerprint density at radius 2 is 1.89 bits per heavy atom. The second-order valence-corrected chi connectivity index (χ2v) is 10.2. The fourth-order valence-corrected chi connectivity index (χ4v) is 5.13. The van der Waals surface area contributed by atoms with Gasteiger partial charge in [0.05, 0.1) is 23.7 Å². The van der Waals surface area contributed by atoms with Crippen LogP contribution in [0.2, 0.25) is 0 Å². The van der Waals surface area contributed by atoms with Gasteiger partial charge in [-0.25, -0.2) is 27.3 Å². The van der Waals surface area contributed by atoms with Crippen LogP contribution >= 0.6 is 0 Å². The maximum Gasteiger partial charge on any atom is 0.421 e. The molecule has 198 valence electrons. The molecule has 1 N–H and O–H groups in total. The zero-order chi connectivity index (χ0) is 27.0. The number of hydrogen-bond donors (Lipinski definition) is 1. The predicted octanol–water partition coefficient (Wildman–Crippen LogP) is 5.28. The van der Waals surface area contributed by atoms with Crippen LogP contribution in [0.3, 0.4) is 0 Å². The highest BCUT2D eigenvalue weighted by atomic mass is 32.2. The Labute approximate surface area is 216 Å². The molecule has 1 heterocycles. The second kappa shape index (κ2) is 12.6.